The van der Waals surface area contributed by atoms with Gasteiger partial charge in [0.1, 0.15) is 12.1 Å². The maximum absolute atomic E-state index is 12.9. The highest BCUT2D eigenvalue weighted by Crippen LogP contribution is 2.12. The van der Waals surface area contributed by atoms with Gasteiger partial charge in [-0.25, -0.2) is 0 Å². The van der Waals surface area contributed by atoms with Crippen LogP contribution in [0.1, 0.15) is 47.5 Å². The Labute approximate surface area is 235 Å². The van der Waals surface area contributed by atoms with E-state index >= 15 is 0 Å². The Balaban J connectivity index is 4.96. The lowest BCUT2D eigenvalue weighted by molar-refractivity contribution is -0.142. The van der Waals surface area contributed by atoms with Gasteiger partial charge in [-0.05, 0) is 12.3 Å². The van der Waals surface area contributed by atoms with Gasteiger partial charge in [0.15, 0.2) is 0 Å². The Hall–Kier alpha value is -3.75. The lowest BCUT2D eigenvalue weighted by Gasteiger charge is -2.29. The van der Waals surface area contributed by atoms with E-state index in [0.717, 1.165) is 0 Å². The molecule has 0 aromatic carbocycles. The van der Waals surface area contributed by atoms with E-state index in [4.69, 9.17) is 0 Å². The van der Waals surface area contributed by atoms with Gasteiger partial charge < -0.3 is 36.6 Å². The zero-order valence-corrected chi connectivity index (χ0v) is 24.3. The predicted molar refractivity (Wildman–Crippen MR) is 146 cm³/mol. The molecule has 0 aromatic heterocycles. The Bertz CT molecular complexity index is 876. The van der Waals surface area contributed by atoms with E-state index in [0.29, 0.717) is 32.6 Å². The fraction of sp³-hybridized carbons (Fsp3) is 0.720. The minimum absolute atomic E-state index is 0.0221. The molecule has 0 heterocycles. The van der Waals surface area contributed by atoms with Gasteiger partial charge in [-0.1, -0.05) is 13.8 Å². The van der Waals surface area contributed by atoms with Crippen molar-refractivity contribution in [2.24, 2.45) is 5.92 Å². The van der Waals surface area contributed by atoms with Crippen molar-refractivity contribution >= 4 is 41.4 Å². The van der Waals surface area contributed by atoms with Gasteiger partial charge in [0.25, 0.3) is 0 Å². The summed E-state index contributed by atoms with van der Waals surface area (Å²) in [5.74, 6) is -3.75. The standard InChI is InChI=1S/C25H45N7O8/c1-16(2)13-21(31(6)19(5)35)25(40)30-20(14-23(37)38)24(39)29-8-7-28-22(36)15-32(11-9-26-17(3)33)12-10-27-18(4)34/h16,20-21H,7-15H2,1-6H3,(H,26,33)(H,27,34)(H,28,36)(H,29,39)(H,30,40)(H,37,38)/t20-,21-/m0/s1. The molecule has 15 nitrogen and oxygen atoms in total. The van der Waals surface area contributed by atoms with E-state index in [-0.39, 0.29) is 49.2 Å². The largest absolute Gasteiger partial charge is 0.481 e. The predicted octanol–water partition coefficient (Wildman–Crippen LogP) is -2.35. The first kappa shape index (κ1) is 36.2. The molecule has 228 valence electrons. The summed E-state index contributed by atoms with van der Waals surface area (Å²) >= 11 is 0. The summed E-state index contributed by atoms with van der Waals surface area (Å²) < 4.78 is 0. The lowest BCUT2D eigenvalue weighted by atomic mass is 10.0. The summed E-state index contributed by atoms with van der Waals surface area (Å²) in [7, 11) is 1.46. The van der Waals surface area contributed by atoms with Crippen LogP contribution in [0, 0.1) is 5.92 Å². The van der Waals surface area contributed by atoms with Crippen LogP contribution in [0.5, 0.6) is 0 Å². The molecule has 6 amide bonds. The van der Waals surface area contributed by atoms with Crippen molar-refractivity contribution in [3.8, 4) is 0 Å². The molecule has 0 aliphatic heterocycles. The summed E-state index contributed by atoms with van der Waals surface area (Å²) in [6.45, 7) is 9.16. The fourth-order valence-electron chi connectivity index (χ4n) is 3.58. The minimum atomic E-state index is -1.38. The van der Waals surface area contributed by atoms with E-state index in [2.05, 4.69) is 26.6 Å². The number of amides is 6. The molecule has 0 aromatic rings. The van der Waals surface area contributed by atoms with Gasteiger partial charge in [0.05, 0.1) is 13.0 Å². The second-order valence-electron chi connectivity index (χ2n) is 9.82. The molecular formula is C25H45N7O8. The average Bonchev–Trinajstić information content (AvgIpc) is 2.83. The number of nitrogens with one attached hydrogen (secondary N) is 5. The third-order valence-corrected chi connectivity index (χ3v) is 5.69. The number of hydrogen-bond donors (Lipinski definition) is 6. The first-order valence-corrected chi connectivity index (χ1v) is 13.1. The van der Waals surface area contributed by atoms with Crippen LogP contribution in [0.2, 0.25) is 0 Å². The van der Waals surface area contributed by atoms with E-state index in [9.17, 15) is 38.7 Å². The van der Waals surface area contributed by atoms with Crippen LogP contribution < -0.4 is 26.6 Å². The molecule has 2 atom stereocenters. The van der Waals surface area contributed by atoms with Crippen molar-refractivity contribution in [1.82, 2.24) is 36.4 Å². The Morgan fingerprint density at radius 1 is 0.750 bits per heavy atom. The quantitative estimate of drug-likeness (QED) is 0.0916. The van der Waals surface area contributed by atoms with Crippen molar-refractivity contribution in [3.05, 3.63) is 0 Å². The summed E-state index contributed by atoms with van der Waals surface area (Å²) in [6, 6.07) is -2.26. The first-order chi connectivity index (χ1) is 18.6. The molecule has 0 aliphatic rings. The Morgan fingerprint density at radius 3 is 1.73 bits per heavy atom. The number of carboxylic acids is 1. The zero-order chi connectivity index (χ0) is 30.8. The minimum Gasteiger partial charge on any atom is -0.481 e. The average molecular weight is 572 g/mol. The Kier molecular flexibility index (Phi) is 17.5. The number of carbonyl (C=O) groups is 7. The number of likely N-dealkylation sites (N-methyl/N-ethyl adjacent to an activating group) is 1. The van der Waals surface area contributed by atoms with Gasteiger partial charge in [0.2, 0.25) is 35.4 Å². The summed E-state index contributed by atoms with van der Waals surface area (Å²) in [6.07, 6.45) is -0.346. The molecule has 0 saturated carbocycles. The van der Waals surface area contributed by atoms with Crippen molar-refractivity contribution in [2.75, 3.05) is 52.9 Å². The van der Waals surface area contributed by atoms with Gasteiger partial charge >= 0.3 is 5.97 Å². The monoisotopic (exact) mass is 571 g/mol. The van der Waals surface area contributed by atoms with Gasteiger partial charge in [-0.3, -0.25) is 38.5 Å². The number of carboxylic acid groups (broad SMARTS) is 1. The molecule has 40 heavy (non-hydrogen) atoms. The number of aliphatic carboxylic acids is 1. The zero-order valence-electron chi connectivity index (χ0n) is 24.3. The van der Waals surface area contributed by atoms with Gasteiger partial charge in [-0.2, -0.15) is 0 Å². The van der Waals surface area contributed by atoms with Crippen molar-refractivity contribution in [2.45, 2.75) is 59.5 Å². The highest BCUT2D eigenvalue weighted by molar-refractivity contribution is 5.93. The third-order valence-electron chi connectivity index (χ3n) is 5.69. The van der Waals surface area contributed by atoms with Crippen LogP contribution in [-0.2, 0) is 33.6 Å². The molecule has 0 fully saturated rings. The van der Waals surface area contributed by atoms with Crippen LogP contribution in [0.4, 0.5) is 0 Å². The molecule has 0 rings (SSSR count). The van der Waals surface area contributed by atoms with Crippen LogP contribution in [0.15, 0.2) is 0 Å². The molecule has 0 radical (unpaired) electrons. The van der Waals surface area contributed by atoms with E-state index in [1.807, 2.05) is 13.8 Å². The molecule has 0 spiro atoms. The third kappa shape index (κ3) is 17.0. The second kappa shape index (κ2) is 19.3. The second-order valence-corrected chi connectivity index (χ2v) is 9.82. The topological polar surface area (TPSA) is 206 Å². The number of rotatable bonds is 19. The first-order valence-electron chi connectivity index (χ1n) is 13.1. The molecule has 0 bridgehead atoms. The van der Waals surface area contributed by atoms with Crippen LogP contribution in [0.3, 0.4) is 0 Å². The highest BCUT2D eigenvalue weighted by Gasteiger charge is 2.31. The van der Waals surface area contributed by atoms with E-state index < -0.39 is 36.3 Å². The normalized spacial score (nSPS) is 12.2. The van der Waals surface area contributed by atoms with E-state index in [1.165, 1.54) is 32.7 Å². The maximum Gasteiger partial charge on any atom is 0.305 e. The smallest absolute Gasteiger partial charge is 0.305 e. The maximum atomic E-state index is 12.9. The van der Waals surface area contributed by atoms with Crippen LogP contribution in [-0.4, -0.2) is 121 Å². The summed E-state index contributed by atoms with van der Waals surface area (Å²) in [5, 5.41) is 22.1. The number of carbonyl (C=O) groups excluding carboxylic acids is 6. The SMILES string of the molecule is CC(=O)NCCN(CCNC(C)=O)CC(=O)NCCNC(=O)[C@H](CC(=O)O)NC(=O)[C@H](CC(C)C)N(C)C(C)=O. The number of nitrogens with zero attached hydrogens (tertiary/aromatic N) is 2. The molecule has 0 saturated heterocycles. The van der Waals surface area contributed by atoms with Gasteiger partial charge in [0, 0.05) is 67.1 Å². The van der Waals surface area contributed by atoms with Gasteiger partial charge in [-0.15, -0.1) is 0 Å². The molecular weight excluding hydrogens is 526 g/mol. The van der Waals surface area contributed by atoms with Crippen molar-refractivity contribution in [3.63, 3.8) is 0 Å². The summed E-state index contributed by atoms with van der Waals surface area (Å²) in [4.78, 5) is 86.3. The summed E-state index contributed by atoms with van der Waals surface area (Å²) in [5.41, 5.74) is 0. The molecule has 0 aliphatic carbocycles. The molecule has 15 heteroatoms. The van der Waals surface area contributed by atoms with Crippen molar-refractivity contribution < 1.29 is 38.7 Å². The van der Waals surface area contributed by atoms with Crippen LogP contribution in [0.25, 0.3) is 0 Å². The number of hydrogen-bond acceptors (Lipinski definition) is 8. The van der Waals surface area contributed by atoms with Crippen LogP contribution >= 0.6 is 0 Å². The van der Waals surface area contributed by atoms with E-state index in [1.54, 1.807) is 4.90 Å². The molecule has 0 unspecified atom stereocenters. The molecule has 6 N–H and O–H groups in total. The Morgan fingerprint density at radius 2 is 1.27 bits per heavy atom. The lowest BCUT2D eigenvalue weighted by Crippen LogP contribution is -2.55. The van der Waals surface area contributed by atoms with Crippen molar-refractivity contribution in [1.29, 1.82) is 0 Å². The highest BCUT2D eigenvalue weighted by atomic mass is 16.4. The fourth-order valence-corrected chi connectivity index (χ4v) is 3.58.